The average Bonchev–Trinajstić information content (AvgIpc) is 3.25. The van der Waals surface area contributed by atoms with Gasteiger partial charge >= 0.3 is 0 Å². The molecule has 0 radical (unpaired) electrons. The third-order valence-corrected chi connectivity index (χ3v) is 4.21. The van der Waals surface area contributed by atoms with Gasteiger partial charge in [-0.2, -0.15) is 0 Å². The maximum atomic E-state index is 12.1. The Morgan fingerprint density at radius 2 is 2.16 bits per heavy atom. The van der Waals surface area contributed by atoms with E-state index in [2.05, 4.69) is 10.3 Å². The van der Waals surface area contributed by atoms with Crippen LogP contribution in [0, 0.1) is 12.8 Å². The number of hydrogen-bond acceptors (Lipinski definition) is 4. The van der Waals surface area contributed by atoms with Crippen molar-refractivity contribution in [1.29, 1.82) is 0 Å². The minimum atomic E-state index is -0.143. The van der Waals surface area contributed by atoms with Crippen LogP contribution in [0.3, 0.4) is 0 Å². The number of amides is 2. The quantitative estimate of drug-likeness (QED) is 0.894. The van der Waals surface area contributed by atoms with Gasteiger partial charge in [-0.25, -0.2) is 4.98 Å². The Morgan fingerprint density at radius 3 is 2.68 bits per heavy atom. The summed E-state index contributed by atoms with van der Waals surface area (Å²) in [6.07, 6.45) is 5.75. The van der Waals surface area contributed by atoms with Gasteiger partial charge in [0.1, 0.15) is 6.54 Å². The summed E-state index contributed by atoms with van der Waals surface area (Å²) < 4.78 is 0. The Kier molecular flexibility index (Phi) is 3.26. The highest BCUT2D eigenvalue weighted by molar-refractivity contribution is 7.15. The van der Waals surface area contributed by atoms with E-state index in [0.717, 1.165) is 30.6 Å². The van der Waals surface area contributed by atoms with Gasteiger partial charge in [-0.3, -0.25) is 9.59 Å². The first-order valence-electron chi connectivity index (χ1n) is 6.66. The molecular formula is C13H17N3O2S. The summed E-state index contributed by atoms with van der Waals surface area (Å²) >= 11 is 1.45. The standard InChI is InChI=1S/C13H17N3O2S/c1-8-6-14-13(19-8)15-11(17)7-16(10-4-5-10)12(18)9-2-3-9/h6,9-10H,2-5,7H2,1H3,(H,14,15,17). The number of carbonyl (C=O) groups is 2. The van der Waals surface area contributed by atoms with Gasteiger partial charge in [0.25, 0.3) is 0 Å². The van der Waals surface area contributed by atoms with E-state index in [0.29, 0.717) is 5.13 Å². The molecule has 0 aromatic carbocycles. The van der Waals surface area contributed by atoms with Crippen molar-refractivity contribution in [3.05, 3.63) is 11.1 Å². The van der Waals surface area contributed by atoms with E-state index in [1.54, 1.807) is 11.1 Å². The van der Waals surface area contributed by atoms with E-state index in [9.17, 15) is 9.59 Å². The largest absolute Gasteiger partial charge is 0.330 e. The molecule has 0 unspecified atom stereocenters. The second-order valence-electron chi connectivity index (χ2n) is 5.30. The fourth-order valence-electron chi connectivity index (χ4n) is 2.06. The predicted octanol–water partition coefficient (Wildman–Crippen LogP) is 1.79. The van der Waals surface area contributed by atoms with Crippen molar-refractivity contribution < 1.29 is 9.59 Å². The van der Waals surface area contributed by atoms with Crippen LogP contribution < -0.4 is 5.32 Å². The van der Waals surface area contributed by atoms with Crippen LogP contribution in [0.2, 0.25) is 0 Å². The van der Waals surface area contributed by atoms with Crippen molar-refractivity contribution in [3.8, 4) is 0 Å². The van der Waals surface area contributed by atoms with Crippen LogP contribution >= 0.6 is 11.3 Å². The molecule has 19 heavy (non-hydrogen) atoms. The van der Waals surface area contributed by atoms with Crippen molar-refractivity contribution in [2.24, 2.45) is 5.92 Å². The lowest BCUT2D eigenvalue weighted by Gasteiger charge is -2.21. The van der Waals surface area contributed by atoms with Gasteiger partial charge in [0, 0.05) is 23.0 Å². The highest BCUT2D eigenvalue weighted by Gasteiger charge is 2.40. The number of aryl methyl sites for hydroxylation is 1. The van der Waals surface area contributed by atoms with Gasteiger partial charge < -0.3 is 10.2 Å². The zero-order valence-electron chi connectivity index (χ0n) is 10.9. The van der Waals surface area contributed by atoms with Gasteiger partial charge in [-0.1, -0.05) is 0 Å². The molecule has 2 saturated carbocycles. The molecular weight excluding hydrogens is 262 g/mol. The Morgan fingerprint density at radius 1 is 1.42 bits per heavy atom. The fraction of sp³-hybridized carbons (Fsp3) is 0.615. The van der Waals surface area contributed by atoms with Crippen LogP contribution in [0.5, 0.6) is 0 Å². The summed E-state index contributed by atoms with van der Waals surface area (Å²) in [5, 5.41) is 3.37. The van der Waals surface area contributed by atoms with Gasteiger partial charge in [-0.15, -0.1) is 11.3 Å². The summed E-state index contributed by atoms with van der Waals surface area (Å²) in [6.45, 7) is 2.11. The van der Waals surface area contributed by atoms with Crippen LogP contribution in [-0.4, -0.2) is 34.3 Å². The van der Waals surface area contributed by atoms with E-state index in [1.165, 1.54) is 11.3 Å². The molecule has 1 N–H and O–H groups in total. The first-order chi connectivity index (χ1) is 9.13. The molecule has 1 aromatic rings. The normalized spacial score (nSPS) is 18.2. The zero-order chi connectivity index (χ0) is 13.4. The monoisotopic (exact) mass is 279 g/mol. The van der Waals surface area contributed by atoms with Gasteiger partial charge in [-0.05, 0) is 32.6 Å². The summed E-state index contributed by atoms with van der Waals surface area (Å²) in [7, 11) is 0. The van der Waals surface area contributed by atoms with Crippen molar-refractivity contribution in [2.45, 2.75) is 38.6 Å². The van der Waals surface area contributed by atoms with Crippen molar-refractivity contribution in [1.82, 2.24) is 9.88 Å². The van der Waals surface area contributed by atoms with Crippen molar-refractivity contribution >= 4 is 28.3 Å². The molecule has 0 aliphatic heterocycles. The topological polar surface area (TPSA) is 62.3 Å². The van der Waals surface area contributed by atoms with Gasteiger partial charge in [0.05, 0.1) is 0 Å². The number of thiazole rings is 1. The van der Waals surface area contributed by atoms with E-state index in [1.807, 2.05) is 6.92 Å². The lowest BCUT2D eigenvalue weighted by molar-refractivity contribution is -0.136. The van der Waals surface area contributed by atoms with Crippen LogP contribution in [-0.2, 0) is 9.59 Å². The predicted molar refractivity (Wildman–Crippen MR) is 72.9 cm³/mol. The highest BCUT2D eigenvalue weighted by Crippen LogP contribution is 2.35. The van der Waals surface area contributed by atoms with Gasteiger partial charge in [0.2, 0.25) is 11.8 Å². The third kappa shape index (κ3) is 3.12. The lowest BCUT2D eigenvalue weighted by Crippen LogP contribution is -2.40. The van der Waals surface area contributed by atoms with E-state index in [-0.39, 0.29) is 30.3 Å². The van der Waals surface area contributed by atoms with Crippen molar-refractivity contribution in [2.75, 3.05) is 11.9 Å². The SMILES string of the molecule is Cc1cnc(NC(=O)CN(C(=O)C2CC2)C2CC2)s1. The second kappa shape index (κ2) is 4.92. The first-order valence-corrected chi connectivity index (χ1v) is 7.48. The summed E-state index contributed by atoms with van der Waals surface area (Å²) in [6, 6.07) is 0.289. The Hall–Kier alpha value is -1.43. The van der Waals surface area contributed by atoms with Crippen LogP contribution in [0.4, 0.5) is 5.13 Å². The second-order valence-corrected chi connectivity index (χ2v) is 6.53. The number of hydrogen-bond donors (Lipinski definition) is 1. The third-order valence-electron chi connectivity index (χ3n) is 3.38. The fourth-order valence-corrected chi connectivity index (χ4v) is 2.74. The maximum absolute atomic E-state index is 12.1. The molecule has 0 saturated heterocycles. The molecule has 0 atom stereocenters. The molecule has 1 heterocycles. The molecule has 102 valence electrons. The zero-order valence-corrected chi connectivity index (χ0v) is 11.7. The molecule has 0 bridgehead atoms. The number of nitrogens with zero attached hydrogens (tertiary/aromatic N) is 2. The molecule has 6 heteroatoms. The summed E-state index contributed by atoms with van der Waals surface area (Å²) in [5.41, 5.74) is 0. The Bertz CT molecular complexity index is 506. The molecule has 2 amide bonds. The molecule has 1 aromatic heterocycles. The average molecular weight is 279 g/mol. The minimum absolute atomic E-state index is 0.143. The van der Waals surface area contributed by atoms with E-state index >= 15 is 0 Å². The molecule has 0 spiro atoms. The summed E-state index contributed by atoms with van der Waals surface area (Å²) in [5.74, 6) is 0.193. The van der Waals surface area contributed by atoms with E-state index in [4.69, 9.17) is 0 Å². The lowest BCUT2D eigenvalue weighted by atomic mass is 10.3. The van der Waals surface area contributed by atoms with Crippen molar-refractivity contribution in [3.63, 3.8) is 0 Å². The first kappa shape index (κ1) is 12.6. The molecule has 2 fully saturated rings. The Balaban J connectivity index is 1.58. The number of rotatable bonds is 5. The van der Waals surface area contributed by atoms with Gasteiger partial charge in [0.15, 0.2) is 5.13 Å². The smallest absolute Gasteiger partial charge is 0.245 e. The van der Waals surface area contributed by atoms with Crippen LogP contribution in [0.25, 0.3) is 0 Å². The van der Waals surface area contributed by atoms with E-state index < -0.39 is 0 Å². The number of nitrogens with one attached hydrogen (secondary N) is 1. The summed E-state index contributed by atoms with van der Waals surface area (Å²) in [4.78, 5) is 31.0. The number of carbonyl (C=O) groups excluding carboxylic acids is 2. The molecule has 5 nitrogen and oxygen atoms in total. The van der Waals surface area contributed by atoms with Crippen LogP contribution in [0.1, 0.15) is 30.6 Å². The molecule has 3 rings (SSSR count). The molecule has 2 aliphatic carbocycles. The van der Waals surface area contributed by atoms with Crippen LogP contribution in [0.15, 0.2) is 6.20 Å². The Labute approximate surface area is 116 Å². The number of aromatic nitrogens is 1. The highest BCUT2D eigenvalue weighted by atomic mass is 32.1. The maximum Gasteiger partial charge on any atom is 0.245 e. The minimum Gasteiger partial charge on any atom is -0.330 e. The number of anilines is 1. The molecule has 2 aliphatic rings.